The van der Waals surface area contributed by atoms with E-state index in [1.807, 2.05) is 75.4 Å². The van der Waals surface area contributed by atoms with Crippen LogP contribution in [0.3, 0.4) is 0 Å². The fourth-order valence-corrected chi connectivity index (χ4v) is 5.06. The summed E-state index contributed by atoms with van der Waals surface area (Å²) in [7, 11) is 0. The summed E-state index contributed by atoms with van der Waals surface area (Å²) in [5.74, 6) is -0.170. The summed E-state index contributed by atoms with van der Waals surface area (Å²) in [4.78, 5) is 30.0. The highest BCUT2D eigenvalue weighted by atomic mass is 16.2. The van der Waals surface area contributed by atoms with Gasteiger partial charge in [-0.1, -0.05) is 57.2 Å². The van der Waals surface area contributed by atoms with E-state index in [0.717, 1.165) is 48.7 Å². The summed E-state index contributed by atoms with van der Waals surface area (Å²) < 4.78 is 0. The summed E-state index contributed by atoms with van der Waals surface area (Å²) in [5.41, 5.74) is 5.16. The molecule has 1 atom stereocenters. The number of hydrogen-bond acceptors (Lipinski definition) is 5. The zero-order valence-electron chi connectivity index (χ0n) is 21.4. The highest BCUT2D eigenvalue weighted by molar-refractivity contribution is 6.07. The molecule has 7 nitrogen and oxygen atoms in total. The predicted molar refractivity (Wildman–Crippen MR) is 146 cm³/mol. The Morgan fingerprint density at radius 1 is 0.973 bits per heavy atom. The van der Waals surface area contributed by atoms with Gasteiger partial charge in [-0.2, -0.15) is 5.26 Å². The number of carbonyl (C=O) groups is 2. The Balaban J connectivity index is 1.38. The summed E-state index contributed by atoms with van der Waals surface area (Å²) >= 11 is 0. The monoisotopic (exact) mass is 493 g/mol. The van der Waals surface area contributed by atoms with Crippen molar-refractivity contribution in [1.29, 1.82) is 5.26 Å². The van der Waals surface area contributed by atoms with E-state index in [0.29, 0.717) is 16.8 Å². The number of carbonyl (C=O) groups excluding carboxylic acids is 2. The van der Waals surface area contributed by atoms with Gasteiger partial charge >= 0.3 is 0 Å². The van der Waals surface area contributed by atoms with Gasteiger partial charge in [-0.3, -0.25) is 14.5 Å². The van der Waals surface area contributed by atoms with Crippen molar-refractivity contribution in [3.05, 3.63) is 89.0 Å². The number of nitrogens with zero attached hydrogens (tertiary/aromatic N) is 3. The molecular weight excluding hydrogens is 462 g/mol. The average molecular weight is 494 g/mol. The van der Waals surface area contributed by atoms with Crippen molar-refractivity contribution in [2.24, 2.45) is 5.41 Å². The molecule has 7 heteroatoms. The molecule has 0 aromatic heterocycles. The first kappa shape index (κ1) is 24.5. The van der Waals surface area contributed by atoms with Crippen LogP contribution in [-0.4, -0.2) is 42.9 Å². The number of hydrogen-bond donors (Lipinski definition) is 2. The molecule has 2 amide bonds. The molecule has 2 heterocycles. The van der Waals surface area contributed by atoms with Crippen LogP contribution in [0.15, 0.2) is 66.7 Å². The van der Waals surface area contributed by atoms with E-state index < -0.39 is 5.41 Å². The smallest absolute Gasteiger partial charge is 0.256 e. The lowest BCUT2D eigenvalue weighted by Crippen LogP contribution is -2.48. The van der Waals surface area contributed by atoms with Gasteiger partial charge in [0.2, 0.25) is 5.91 Å². The van der Waals surface area contributed by atoms with Crippen LogP contribution in [0.25, 0.3) is 0 Å². The summed E-state index contributed by atoms with van der Waals surface area (Å²) in [6, 6.07) is 23.6. The van der Waals surface area contributed by atoms with E-state index in [1.165, 1.54) is 0 Å². The van der Waals surface area contributed by atoms with Crippen LogP contribution < -0.4 is 15.5 Å². The minimum Gasteiger partial charge on any atom is -0.368 e. The third-order valence-corrected chi connectivity index (χ3v) is 7.08. The molecule has 37 heavy (non-hydrogen) atoms. The molecule has 0 aliphatic carbocycles. The molecule has 0 bridgehead atoms. The van der Waals surface area contributed by atoms with Crippen LogP contribution in [-0.2, 0) is 4.79 Å². The van der Waals surface area contributed by atoms with Gasteiger partial charge in [0.1, 0.15) is 6.07 Å². The molecule has 1 unspecified atom stereocenters. The first-order chi connectivity index (χ1) is 17.8. The van der Waals surface area contributed by atoms with E-state index in [1.54, 1.807) is 6.07 Å². The van der Waals surface area contributed by atoms with Crippen LogP contribution in [0.2, 0.25) is 0 Å². The third kappa shape index (κ3) is 4.81. The number of nitriles is 1. The lowest BCUT2D eigenvalue weighted by atomic mass is 9.93. The van der Waals surface area contributed by atoms with Crippen molar-refractivity contribution in [2.45, 2.75) is 26.8 Å². The fraction of sp³-hybridized carbons (Fsp3) is 0.300. The number of anilines is 3. The Morgan fingerprint density at radius 2 is 1.65 bits per heavy atom. The largest absolute Gasteiger partial charge is 0.368 e. The first-order valence-corrected chi connectivity index (χ1v) is 12.6. The van der Waals surface area contributed by atoms with Crippen LogP contribution in [0.1, 0.15) is 53.9 Å². The van der Waals surface area contributed by atoms with Gasteiger partial charge < -0.3 is 15.5 Å². The zero-order chi connectivity index (χ0) is 26.2. The molecule has 5 rings (SSSR count). The molecule has 188 valence electrons. The van der Waals surface area contributed by atoms with Crippen molar-refractivity contribution >= 4 is 28.9 Å². The van der Waals surface area contributed by atoms with Crippen molar-refractivity contribution in [3.63, 3.8) is 0 Å². The number of piperazine rings is 1. The maximum atomic E-state index is 13.0. The Hall–Kier alpha value is -4.15. The number of amides is 2. The van der Waals surface area contributed by atoms with Gasteiger partial charge in [0, 0.05) is 48.5 Å². The Morgan fingerprint density at radius 3 is 2.35 bits per heavy atom. The topological polar surface area (TPSA) is 88.5 Å². The molecule has 3 aromatic carbocycles. The Bertz CT molecular complexity index is 1390. The molecule has 1 saturated heterocycles. The lowest BCUT2D eigenvalue weighted by Gasteiger charge is -2.41. The maximum absolute atomic E-state index is 13.0. The second kappa shape index (κ2) is 9.72. The quantitative estimate of drug-likeness (QED) is 0.535. The van der Waals surface area contributed by atoms with Crippen LogP contribution in [0.4, 0.5) is 17.1 Å². The second-order valence-electron chi connectivity index (χ2n) is 10.6. The van der Waals surface area contributed by atoms with Crippen LogP contribution in [0, 0.1) is 16.7 Å². The molecule has 2 aliphatic rings. The van der Waals surface area contributed by atoms with E-state index >= 15 is 0 Å². The maximum Gasteiger partial charge on any atom is 0.256 e. The second-order valence-corrected chi connectivity index (χ2v) is 10.6. The Kier molecular flexibility index (Phi) is 6.45. The molecule has 0 radical (unpaired) electrons. The van der Waals surface area contributed by atoms with Gasteiger partial charge in [0.15, 0.2) is 0 Å². The van der Waals surface area contributed by atoms with Crippen LogP contribution >= 0.6 is 0 Å². The van der Waals surface area contributed by atoms with Gasteiger partial charge in [0.25, 0.3) is 5.91 Å². The van der Waals surface area contributed by atoms with Gasteiger partial charge in [-0.25, -0.2) is 0 Å². The number of nitrogens with one attached hydrogen (secondary N) is 2. The standard InChI is InChI=1S/C30H31N5O2/c1-30(2,3)29(37)32-21-12-13-26(20(18-21)19-31)34-14-16-35(17-15-34)27-22-8-4-5-9-23(22)28(36)33-25-11-7-6-10-24(25)27/h4-13,18,27H,14-17H2,1-3H3,(H,32,37)(H,33,36). The summed E-state index contributed by atoms with van der Waals surface area (Å²) in [6.07, 6.45) is 0. The molecular formula is C30H31N5O2. The van der Waals surface area contributed by atoms with Crippen LogP contribution in [0.5, 0.6) is 0 Å². The first-order valence-electron chi connectivity index (χ1n) is 12.6. The predicted octanol–water partition coefficient (Wildman–Crippen LogP) is 5.02. The molecule has 3 aromatic rings. The molecule has 2 aliphatic heterocycles. The number of para-hydroxylation sites is 1. The van der Waals surface area contributed by atoms with Crippen molar-refractivity contribution in [2.75, 3.05) is 41.7 Å². The zero-order valence-corrected chi connectivity index (χ0v) is 21.4. The number of rotatable bonds is 3. The molecule has 2 N–H and O–H groups in total. The van der Waals surface area contributed by atoms with Gasteiger partial charge in [-0.15, -0.1) is 0 Å². The van der Waals surface area contributed by atoms with E-state index in [2.05, 4.69) is 32.6 Å². The fourth-order valence-electron chi connectivity index (χ4n) is 5.06. The number of benzene rings is 3. The SMILES string of the molecule is CC(C)(C)C(=O)Nc1ccc(N2CCN(C3c4ccccc4NC(=O)c4ccccc43)CC2)c(C#N)c1. The summed E-state index contributed by atoms with van der Waals surface area (Å²) in [6.45, 7) is 8.61. The molecule has 0 saturated carbocycles. The Labute approximate surface area is 217 Å². The minimum atomic E-state index is -0.517. The van der Waals surface area contributed by atoms with Crippen molar-refractivity contribution in [1.82, 2.24) is 4.90 Å². The average Bonchev–Trinajstić information content (AvgIpc) is 3.02. The van der Waals surface area contributed by atoms with Crippen molar-refractivity contribution < 1.29 is 9.59 Å². The lowest BCUT2D eigenvalue weighted by molar-refractivity contribution is -0.123. The molecule has 0 spiro atoms. The van der Waals surface area contributed by atoms with E-state index in [4.69, 9.17) is 0 Å². The summed E-state index contributed by atoms with van der Waals surface area (Å²) in [5, 5.41) is 15.9. The third-order valence-electron chi connectivity index (χ3n) is 7.08. The minimum absolute atomic E-state index is 0.0427. The highest BCUT2D eigenvalue weighted by Gasteiger charge is 2.33. The van der Waals surface area contributed by atoms with Gasteiger partial charge in [0.05, 0.1) is 17.3 Å². The van der Waals surface area contributed by atoms with Gasteiger partial charge in [-0.05, 0) is 41.5 Å². The normalized spacial score (nSPS) is 17.6. The van der Waals surface area contributed by atoms with E-state index in [9.17, 15) is 14.9 Å². The van der Waals surface area contributed by atoms with E-state index in [-0.39, 0.29) is 17.9 Å². The van der Waals surface area contributed by atoms with Crippen molar-refractivity contribution in [3.8, 4) is 6.07 Å². The highest BCUT2D eigenvalue weighted by Crippen LogP contribution is 2.39. The molecule has 1 fully saturated rings. The number of fused-ring (bicyclic) bond motifs is 2.